The van der Waals surface area contributed by atoms with Crippen LogP contribution in [-0.2, 0) is 19.5 Å². The van der Waals surface area contributed by atoms with Crippen LogP contribution in [0.1, 0.15) is 37.4 Å². The monoisotopic (exact) mass is 445 g/mol. The summed E-state index contributed by atoms with van der Waals surface area (Å²) >= 11 is 0. The lowest BCUT2D eigenvalue weighted by atomic mass is 9.57. The second-order valence-corrected chi connectivity index (χ2v) is 10.1. The highest BCUT2D eigenvalue weighted by Gasteiger charge is 2.47. The fourth-order valence-electron chi connectivity index (χ4n) is 5.24. The van der Waals surface area contributed by atoms with Crippen LogP contribution in [0.2, 0.25) is 0 Å². The third-order valence-corrected chi connectivity index (χ3v) is 7.66. The quantitative estimate of drug-likeness (QED) is 0.562. The number of nitrogens with zero attached hydrogens (tertiary/aromatic N) is 4. The maximum atomic E-state index is 5.72. The van der Waals surface area contributed by atoms with Gasteiger partial charge in [0.2, 0.25) is 0 Å². The van der Waals surface area contributed by atoms with Gasteiger partial charge in [-0.3, -0.25) is 9.88 Å². The van der Waals surface area contributed by atoms with Gasteiger partial charge in [-0.1, -0.05) is 43.3 Å². The Morgan fingerprint density at radius 1 is 1.00 bits per heavy atom. The highest BCUT2D eigenvalue weighted by molar-refractivity contribution is 5.46. The highest BCUT2D eigenvalue weighted by atomic mass is 16.5. The van der Waals surface area contributed by atoms with Gasteiger partial charge in [-0.15, -0.1) is 0 Å². The fraction of sp³-hybridized carbons (Fsp3) is 0.481. The summed E-state index contributed by atoms with van der Waals surface area (Å²) in [6.45, 7) is 10.6. The van der Waals surface area contributed by atoms with Crippen LogP contribution in [0.4, 0.5) is 5.69 Å². The second-order valence-electron chi connectivity index (χ2n) is 10.1. The first-order valence-corrected chi connectivity index (χ1v) is 12.2. The summed E-state index contributed by atoms with van der Waals surface area (Å²) in [6.07, 6.45) is 4.01. The average Bonchev–Trinajstić information content (AvgIpc) is 3.29. The first kappa shape index (κ1) is 22.1. The molecule has 174 valence electrons. The van der Waals surface area contributed by atoms with Crippen molar-refractivity contribution < 1.29 is 4.52 Å². The van der Waals surface area contributed by atoms with Crippen molar-refractivity contribution in [2.45, 2.75) is 45.8 Å². The molecular weight excluding hydrogens is 410 g/mol. The van der Waals surface area contributed by atoms with Gasteiger partial charge in [-0.05, 0) is 48.4 Å². The number of rotatable bonds is 8. The Kier molecular flexibility index (Phi) is 6.47. The Morgan fingerprint density at radius 3 is 2.52 bits per heavy atom. The number of hydrogen-bond acceptors (Lipinski definition) is 6. The Morgan fingerprint density at radius 2 is 1.79 bits per heavy atom. The SMILES string of the molecule is CC1(C)[C@H](Cc2cc(CN3CCN(c4ccccc4)CC3)on2)C[C@@H]1NCc1ccccn1. The smallest absolute Gasteiger partial charge is 0.150 e. The van der Waals surface area contributed by atoms with Crippen molar-refractivity contribution in [3.63, 3.8) is 0 Å². The van der Waals surface area contributed by atoms with Gasteiger partial charge in [0, 0.05) is 56.7 Å². The largest absolute Gasteiger partial charge is 0.369 e. The predicted octanol–water partition coefficient (Wildman–Crippen LogP) is 4.14. The maximum Gasteiger partial charge on any atom is 0.150 e. The van der Waals surface area contributed by atoms with Crippen LogP contribution >= 0.6 is 0 Å². The van der Waals surface area contributed by atoms with E-state index in [1.807, 2.05) is 18.3 Å². The van der Waals surface area contributed by atoms with E-state index in [0.29, 0.717) is 12.0 Å². The van der Waals surface area contributed by atoms with Gasteiger partial charge in [0.15, 0.2) is 5.76 Å². The van der Waals surface area contributed by atoms with Crippen molar-refractivity contribution >= 4 is 5.69 Å². The zero-order valence-corrected chi connectivity index (χ0v) is 19.8. The molecule has 0 unspecified atom stereocenters. The zero-order chi connectivity index (χ0) is 22.7. The maximum absolute atomic E-state index is 5.72. The first-order valence-electron chi connectivity index (χ1n) is 12.2. The van der Waals surface area contributed by atoms with E-state index in [4.69, 9.17) is 4.52 Å². The number of nitrogens with one attached hydrogen (secondary N) is 1. The summed E-state index contributed by atoms with van der Waals surface area (Å²) in [5.74, 6) is 1.60. The van der Waals surface area contributed by atoms with Gasteiger partial charge in [0.1, 0.15) is 0 Å². The van der Waals surface area contributed by atoms with Crippen LogP contribution in [0, 0.1) is 11.3 Å². The third kappa shape index (κ3) is 5.12. The molecule has 33 heavy (non-hydrogen) atoms. The summed E-state index contributed by atoms with van der Waals surface area (Å²) in [5, 5.41) is 8.11. The van der Waals surface area contributed by atoms with Gasteiger partial charge >= 0.3 is 0 Å². The molecule has 0 amide bonds. The molecule has 2 fully saturated rings. The topological polar surface area (TPSA) is 57.4 Å². The molecule has 0 bridgehead atoms. The lowest BCUT2D eigenvalue weighted by Crippen LogP contribution is -2.57. The van der Waals surface area contributed by atoms with Crippen LogP contribution in [0.3, 0.4) is 0 Å². The Bertz CT molecular complexity index is 1010. The Hall–Kier alpha value is -2.70. The molecule has 5 rings (SSSR count). The number of hydrogen-bond donors (Lipinski definition) is 1. The summed E-state index contributed by atoms with van der Waals surface area (Å²) < 4.78 is 5.72. The van der Waals surface area contributed by atoms with Crippen molar-refractivity contribution in [1.29, 1.82) is 0 Å². The van der Waals surface area contributed by atoms with Crippen LogP contribution in [-0.4, -0.2) is 47.3 Å². The molecule has 1 aliphatic heterocycles. The average molecular weight is 446 g/mol. The molecule has 0 spiro atoms. The minimum atomic E-state index is 0.238. The highest BCUT2D eigenvalue weighted by Crippen LogP contribution is 2.47. The van der Waals surface area contributed by atoms with E-state index in [-0.39, 0.29) is 5.41 Å². The fourth-order valence-corrected chi connectivity index (χ4v) is 5.24. The number of para-hydroxylation sites is 1. The summed E-state index contributed by atoms with van der Waals surface area (Å²) in [6, 6.07) is 19.5. The van der Waals surface area contributed by atoms with Crippen molar-refractivity contribution in [2.24, 2.45) is 11.3 Å². The lowest BCUT2D eigenvalue weighted by molar-refractivity contribution is 0.0123. The van der Waals surface area contributed by atoms with Gasteiger partial charge in [-0.25, -0.2) is 0 Å². The van der Waals surface area contributed by atoms with E-state index in [9.17, 15) is 0 Å². The van der Waals surface area contributed by atoms with Crippen molar-refractivity contribution in [1.82, 2.24) is 20.4 Å². The zero-order valence-electron chi connectivity index (χ0n) is 19.8. The van der Waals surface area contributed by atoms with E-state index in [1.165, 1.54) is 12.1 Å². The van der Waals surface area contributed by atoms with Crippen LogP contribution < -0.4 is 10.2 Å². The number of pyridine rings is 1. The molecule has 2 aliphatic rings. The molecule has 2 atom stereocenters. The van der Waals surface area contributed by atoms with E-state index < -0.39 is 0 Å². The van der Waals surface area contributed by atoms with Crippen LogP contribution in [0.15, 0.2) is 65.3 Å². The molecule has 3 aromatic rings. The van der Waals surface area contributed by atoms with Gasteiger partial charge in [-0.2, -0.15) is 0 Å². The molecule has 6 nitrogen and oxygen atoms in total. The first-order chi connectivity index (χ1) is 16.1. The summed E-state index contributed by atoms with van der Waals surface area (Å²) in [5.41, 5.74) is 3.74. The molecule has 2 aromatic heterocycles. The number of piperazine rings is 1. The molecule has 1 N–H and O–H groups in total. The Labute approximate surface area is 197 Å². The third-order valence-electron chi connectivity index (χ3n) is 7.66. The molecule has 1 saturated heterocycles. The van der Waals surface area contributed by atoms with Crippen LogP contribution in [0.25, 0.3) is 0 Å². The number of benzene rings is 1. The Balaban J connectivity index is 1.08. The van der Waals surface area contributed by atoms with Gasteiger partial charge in [0.05, 0.1) is 17.9 Å². The van der Waals surface area contributed by atoms with E-state index in [0.717, 1.165) is 62.8 Å². The molecular formula is C27H35N5O. The number of aromatic nitrogens is 2. The second kappa shape index (κ2) is 9.65. The predicted molar refractivity (Wildman–Crippen MR) is 131 cm³/mol. The minimum absolute atomic E-state index is 0.238. The van der Waals surface area contributed by atoms with Crippen molar-refractivity contribution in [3.8, 4) is 0 Å². The molecule has 1 saturated carbocycles. The summed E-state index contributed by atoms with van der Waals surface area (Å²) in [4.78, 5) is 9.35. The number of anilines is 1. The van der Waals surface area contributed by atoms with Crippen LogP contribution in [0.5, 0.6) is 0 Å². The molecule has 0 radical (unpaired) electrons. The van der Waals surface area contributed by atoms with Gasteiger partial charge in [0.25, 0.3) is 0 Å². The minimum Gasteiger partial charge on any atom is -0.369 e. The van der Waals surface area contributed by atoms with Gasteiger partial charge < -0.3 is 14.7 Å². The van der Waals surface area contributed by atoms with E-state index in [2.05, 4.69) is 81.6 Å². The van der Waals surface area contributed by atoms with E-state index >= 15 is 0 Å². The normalized spacial score (nSPS) is 22.8. The van der Waals surface area contributed by atoms with Crippen molar-refractivity contribution in [2.75, 3.05) is 31.1 Å². The van der Waals surface area contributed by atoms with Crippen molar-refractivity contribution in [3.05, 3.63) is 77.9 Å². The standard InChI is InChI=1S/C27H35N5O/c1-27(2)21(17-26(27)29-19-22-8-6-7-11-28-22)16-23-18-25(33-30-23)20-31-12-14-32(15-13-31)24-9-4-3-5-10-24/h3-11,18,21,26,29H,12-17,19-20H2,1-2H3/t21-,26+/m1/s1. The molecule has 1 aromatic carbocycles. The lowest BCUT2D eigenvalue weighted by Gasteiger charge is -2.52. The molecule has 6 heteroatoms. The van der Waals surface area contributed by atoms with E-state index in [1.54, 1.807) is 0 Å². The molecule has 3 heterocycles. The summed E-state index contributed by atoms with van der Waals surface area (Å²) in [7, 11) is 0. The molecule has 1 aliphatic carbocycles.